The Morgan fingerprint density at radius 3 is 2.61 bits per heavy atom. The first-order valence-electron chi connectivity index (χ1n) is 5.98. The van der Waals surface area contributed by atoms with Crippen LogP contribution in [0.25, 0.3) is 0 Å². The average Bonchev–Trinajstić information content (AvgIpc) is 2.31. The van der Waals surface area contributed by atoms with E-state index in [9.17, 15) is 8.42 Å². The van der Waals surface area contributed by atoms with Crippen molar-refractivity contribution in [3.8, 4) is 0 Å². The van der Waals surface area contributed by atoms with E-state index in [-0.39, 0.29) is 16.0 Å². The molecule has 0 heterocycles. The maximum atomic E-state index is 12.2. The van der Waals surface area contributed by atoms with E-state index in [1.807, 2.05) is 13.8 Å². The number of sulfonamides is 1. The Morgan fingerprint density at radius 2 is 2.06 bits per heavy atom. The Kier molecular flexibility index (Phi) is 5.44. The van der Waals surface area contributed by atoms with Crippen LogP contribution >= 0.6 is 11.6 Å². The van der Waals surface area contributed by atoms with Crippen molar-refractivity contribution in [1.29, 1.82) is 0 Å². The molecule has 0 aromatic heterocycles. The summed E-state index contributed by atoms with van der Waals surface area (Å²) in [6.07, 6.45) is 2.47. The number of anilines is 1. The Bertz CT molecular complexity index is 503. The van der Waals surface area contributed by atoms with E-state index in [0.29, 0.717) is 5.69 Å². The average molecular weight is 291 g/mol. The third-order valence-electron chi connectivity index (χ3n) is 2.70. The molecule has 0 aliphatic carbocycles. The summed E-state index contributed by atoms with van der Waals surface area (Å²) in [5, 5.41) is 0.183. The molecule has 0 amide bonds. The molecule has 1 aromatic carbocycles. The summed E-state index contributed by atoms with van der Waals surface area (Å²) in [5.74, 6) is 0. The van der Waals surface area contributed by atoms with E-state index in [1.165, 1.54) is 12.1 Å². The minimum Gasteiger partial charge on any atom is -0.399 e. The molecular formula is C12H19ClN2O2S. The molecule has 0 bridgehead atoms. The normalized spacial score (nSPS) is 13.5. The van der Waals surface area contributed by atoms with E-state index in [0.717, 1.165) is 19.3 Å². The van der Waals surface area contributed by atoms with Crippen molar-refractivity contribution in [2.45, 2.75) is 44.0 Å². The van der Waals surface area contributed by atoms with Crippen molar-refractivity contribution in [2.75, 3.05) is 5.73 Å². The highest BCUT2D eigenvalue weighted by molar-refractivity contribution is 7.89. The third-order valence-corrected chi connectivity index (χ3v) is 4.70. The van der Waals surface area contributed by atoms with Crippen molar-refractivity contribution in [2.24, 2.45) is 0 Å². The van der Waals surface area contributed by atoms with E-state index < -0.39 is 10.0 Å². The van der Waals surface area contributed by atoms with Crippen LogP contribution in [0.1, 0.15) is 33.1 Å². The molecule has 4 nitrogen and oxygen atoms in total. The van der Waals surface area contributed by atoms with Gasteiger partial charge in [0, 0.05) is 11.7 Å². The zero-order valence-electron chi connectivity index (χ0n) is 10.6. The minimum atomic E-state index is -3.61. The zero-order chi connectivity index (χ0) is 13.8. The number of hydrogen-bond acceptors (Lipinski definition) is 3. The molecule has 3 N–H and O–H groups in total. The lowest BCUT2D eigenvalue weighted by atomic mass is 10.1. The van der Waals surface area contributed by atoms with Gasteiger partial charge in [0.05, 0.1) is 5.02 Å². The van der Waals surface area contributed by atoms with Crippen LogP contribution in [0.2, 0.25) is 5.02 Å². The van der Waals surface area contributed by atoms with Crippen LogP contribution in [0, 0.1) is 0 Å². The number of halogens is 1. The van der Waals surface area contributed by atoms with Gasteiger partial charge >= 0.3 is 0 Å². The SMILES string of the molecule is CCCC(CC)NS(=O)(=O)c1cc(N)ccc1Cl. The predicted molar refractivity (Wildman–Crippen MR) is 75.2 cm³/mol. The number of nitrogens with two attached hydrogens (primary N) is 1. The molecule has 0 saturated heterocycles. The predicted octanol–water partition coefficient (Wildman–Crippen LogP) is 2.78. The molecule has 1 rings (SSSR count). The summed E-state index contributed by atoms with van der Waals surface area (Å²) in [6.45, 7) is 3.97. The smallest absolute Gasteiger partial charge is 0.242 e. The van der Waals surface area contributed by atoms with Gasteiger partial charge in [0.15, 0.2) is 0 Å². The van der Waals surface area contributed by atoms with Crippen LogP contribution in [0.3, 0.4) is 0 Å². The topological polar surface area (TPSA) is 72.2 Å². The lowest BCUT2D eigenvalue weighted by Crippen LogP contribution is -2.34. The number of hydrogen-bond donors (Lipinski definition) is 2. The fourth-order valence-electron chi connectivity index (χ4n) is 1.70. The molecule has 0 saturated carbocycles. The molecule has 1 atom stereocenters. The number of rotatable bonds is 6. The van der Waals surface area contributed by atoms with Crippen LogP contribution in [0.15, 0.2) is 23.1 Å². The second kappa shape index (κ2) is 6.41. The monoisotopic (exact) mass is 290 g/mol. The van der Waals surface area contributed by atoms with Crippen LogP contribution in [-0.2, 0) is 10.0 Å². The fraction of sp³-hybridized carbons (Fsp3) is 0.500. The van der Waals surface area contributed by atoms with Gasteiger partial charge < -0.3 is 5.73 Å². The van der Waals surface area contributed by atoms with Gasteiger partial charge in [0.25, 0.3) is 0 Å². The Hall–Kier alpha value is -0.780. The maximum Gasteiger partial charge on any atom is 0.242 e. The molecule has 1 aromatic rings. The second-order valence-corrected chi connectivity index (χ2v) is 6.29. The lowest BCUT2D eigenvalue weighted by molar-refractivity contribution is 0.512. The fourth-order valence-corrected chi connectivity index (χ4v) is 3.59. The van der Waals surface area contributed by atoms with Crippen LogP contribution in [-0.4, -0.2) is 14.5 Å². The van der Waals surface area contributed by atoms with Gasteiger partial charge in [-0.25, -0.2) is 13.1 Å². The molecule has 0 fully saturated rings. The summed E-state index contributed by atoms with van der Waals surface area (Å²) in [7, 11) is -3.61. The minimum absolute atomic E-state index is 0.0405. The third kappa shape index (κ3) is 3.86. The largest absolute Gasteiger partial charge is 0.399 e. The van der Waals surface area contributed by atoms with E-state index in [1.54, 1.807) is 6.07 Å². The molecule has 0 aliphatic rings. The Balaban J connectivity index is 3.02. The lowest BCUT2D eigenvalue weighted by Gasteiger charge is -2.17. The van der Waals surface area contributed by atoms with Crippen molar-refractivity contribution >= 4 is 27.3 Å². The summed E-state index contributed by atoms with van der Waals surface area (Å²) in [4.78, 5) is 0.0405. The summed E-state index contributed by atoms with van der Waals surface area (Å²) in [6, 6.07) is 4.37. The number of nitrogens with one attached hydrogen (secondary N) is 1. The van der Waals surface area contributed by atoms with Crippen molar-refractivity contribution in [3.63, 3.8) is 0 Å². The standard InChI is InChI=1S/C12H19ClN2O2S/c1-3-5-10(4-2)15-18(16,17)12-8-9(14)6-7-11(12)13/h6-8,10,15H,3-5,14H2,1-2H3. The molecule has 0 spiro atoms. The van der Waals surface area contributed by atoms with Crippen LogP contribution < -0.4 is 10.5 Å². The number of benzene rings is 1. The van der Waals surface area contributed by atoms with Crippen molar-refractivity contribution in [3.05, 3.63) is 23.2 Å². The van der Waals surface area contributed by atoms with Crippen molar-refractivity contribution in [1.82, 2.24) is 4.72 Å². The van der Waals surface area contributed by atoms with Gasteiger partial charge in [-0.2, -0.15) is 0 Å². The van der Waals surface area contributed by atoms with Gasteiger partial charge in [-0.1, -0.05) is 31.9 Å². The van der Waals surface area contributed by atoms with Gasteiger partial charge in [-0.3, -0.25) is 0 Å². The first kappa shape index (κ1) is 15.3. The van der Waals surface area contributed by atoms with Crippen molar-refractivity contribution < 1.29 is 8.42 Å². The van der Waals surface area contributed by atoms with Gasteiger partial charge in [0.1, 0.15) is 4.90 Å². The zero-order valence-corrected chi connectivity index (χ0v) is 12.2. The Morgan fingerprint density at radius 1 is 1.39 bits per heavy atom. The second-order valence-electron chi connectivity index (χ2n) is 4.20. The highest BCUT2D eigenvalue weighted by atomic mass is 35.5. The molecule has 0 aliphatic heterocycles. The number of nitrogen functional groups attached to an aromatic ring is 1. The first-order valence-corrected chi connectivity index (χ1v) is 7.84. The van der Waals surface area contributed by atoms with Gasteiger partial charge in [-0.05, 0) is 31.0 Å². The summed E-state index contributed by atoms with van der Waals surface area (Å²) in [5.41, 5.74) is 5.97. The summed E-state index contributed by atoms with van der Waals surface area (Å²) >= 11 is 5.91. The Labute approximate surface area is 114 Å². The van der Waals surface area contributed by atoms with E-state index in [2.05, 4.69) is 4.72 Å². The van der Waals surface area contributed by atoms with Crippen LogP contribution in [0.4, 0.5) is 5.69 Å². The summed E-state index contributed by atoms with van der Waals surface area (Å²) < 4.78 is 27.1. The van der Waals surface area contributed by atoms with E-state index >= 15 is 0 Å². The van der Waals surface area contributed by atoms with Crippen LogP contribution in [0.5, 0.6) is 0 Å². The van der Waals surface area contributed by atoms with E-state index in [4.69, 9.17) is 17.3 Å². The molecular weight excluding hydrogens is 272 g/mol. The first-order chi connectivity index (χ1) is 8.40. The maximum absolute atomic E-state index is 12.2. The molecule has 102 valence electrons. The quantitative estimate of drug-likeness (QED) is 0.791. The van der Waals surface area contributed by atoms with Gasteiger partial charge in [-0.15, -0.1) is 0 Å². The molecule has 1 unspecified atom stereocenters. The van der Waals surface area contributed by atoms with Gasteiger partial charge in [0.2, 0.25) is 10.0 Å². The molecule has 0 radical (unpaired) electrons. The highest BCUT2D eigenvalue weighted by Gasteiger charge is 2.21. The highest BCUT2D eigenvalue weighted by Crippen LogP contribution is 2.24. The molecule has 6 heteroatoms. The molecule has 18 heavy (non-hydrogen) atoms.